The van der Waals surface area contributed by atoms with E-state index in [1.165, 1.54) is 23.4 Å². The predicted octanol–water partition coefficient (Wildman–Crippen LogP) is 4.77. The van der Waals surface area contributed by atoms with Gasteiger partial charge in [-0.2, -0.15) is 0 Å². The molecular formula is C25H22N2O4S. The Morgan fingerprint density at radius 2 is 1.72 bits per heavy atom. The van der Waals surface area contributed by atoms with Crippen LogP contribution in [0.25, 0.3) is 16.6 Å². The highest BCUT2D eigenvalue weighted by molar-refractivity contribution is 7.99. The van der Waals surface area contributed by atoms with E-state index >= 15 is 0 Å². The Morgan fingerprint density at radius 1 is 1.00 bits per heavy atom. The number of Topliss-reactive ketones (excluding diaryl/α,β-unsaturated/α-hetero) is 1. The van der Waals surface area contributed by atoms with Crippen LogP contribution < -0.4 is 15.0 Å². The predicted molar refractivity (Wildman–Crippen MR) is 127 cm³/mol. The highest BCUT2D eigenvalue weighted by Gasteiger charge is 2.17. The molecule has 0 fully saturated rings. The van der Waals surface area contributed by atoms with Gasteiger partial charge in [0.25, 0.3) is 5.56 Å². The van der Waals surface area contributed by atoms with Gasteiger partial charge < -0.3 is 9.47 Å². The van der Waals surface area contributed by atoms with E-state index in [0.29, 0.717) is 39.7 Å². The van der Waals surface area contributed by atoms with Crippen LogP contribution in [0.15, 0.2) is 82.7 Å². The van der Waals surface area contributed by atoms with Crippen molar-refractivity contribution < 1.29 is 14.3 Å². The molecule has 0 bridgehead atoms. The summed E-state index contributed by atoms with van der Waals surface area (Å²) in [5.74, 6) is 1.25. The van der Waals surface area contributed by atoms with Gasteiger partial charge in [0.2, 0.25) is 0 Å². The average Bonchev–Trinajstić information content (AvgIpc) is 2.83. The third-order valence-electron chi connectivity index (χ3n) is 4.89. The minimum absolute atomic E-state index is 0.104. The molecule has 32 heavy (non-hydrogen) atoms. The maximum Gasteiger partial charge on any atom is 0.266 e. The first-order valence-corrected chi connectivity index (χ1v) is 11.1. The average molecular weight is 447 g/mol. The Balaban J connectivity index is 1.73. The summed E-state index contributed by atoms with van der Waals surface area (Å²) in [6, 6.07) is 21.6. The quantitative estimate of drug-likeness (QED) is 0.221. The molecule has 7 heteroatoms. The molecule has 3 aromatic carbocycles. The maximum absolute atomic E-state index is 13.3. The van der Waals surface area contributed by atoms with E-state index < -0.39 is 0 Å². The summed E-state index contributed by atoms with van der Waals surface area (Å²) in [5, 5.41) is 0.961. The molecule has 1 aromatic heterocycles. The highest BCUT2D eigenvalue weighted by atomic mass is 32.2. The van der Waals surface area contributed by atoms with Gasteiger partial charge in [0.05, 0.1) is 41.6 Å². The summed E-state index contributed by atoms with van der Waals surface area (Å²) >= 11 is 1.22. The van der Waals surface area contributed by atoms with Crippen molar-refractivity contribution in [3.63, 3.8) is 0 Å². The summed E-state index contributed by atoms with van der Waals surface area (Å²) in [5.41, 5.74) is 1.56. The zero-order chi connectivity index (χ0) is 22.5. The number of hydrogen-bond acceptors (Lipinski definition) is 6. The Labute approximate surface area is 189 Å². The molecule has 0 radical (unpaired) electrons. The number of hydrogen-bond donors (Lipinski definition) is 0. The maximum atomic E-state index is 13.3. The van der Waals surface area contributed by atoms with Crippen LogP contribution in [0.4, 0.5) is 0 Å². The zero-order valence-corrected chi connectivity index (χ0v) is 18.6. The fraction of sp³-hybridized carbons (Fsp3) is 0.160. The minimum Gasteiger partial charge on any atom is -0.496 e. The van der Waals surface area contributed by atoms with Crippen molar-refractivity contribution in [1.29, 1.82) is 0 Å². The minimum atomic E-state index is -0.188. The van der Waals surface area contributed by atoms with Gasteiger partial charge in [-0.05, 0) is 55.5 Å². The van der Waals surface area contributed by atoms with Crippen molar-refractivity contribution in [1.82, 2.24) is 9.55 Å². The lowest BCUT2D eigenvalue weighted by atomic mass is 10.1. The molecule has 0 saturated carbocycles. The van der Waals surface area contributed by atoms with E-state index in [9.17, 15) is 9.59 Å². The Bertz CT molecular complexity index is 1320. The van der Waals surface area contributed by atoms with Crippen LogP contribution >= 0.6 is 11.8 Å². The number of para-hydroxylation sites is 2. The molecular weight excluding hydrogens is 424 g/mol. The van der Waals surface area contributed by atoms with Gasteiger partial charge in [-0.1, -0.05) is 36.0 Å². The molecule has 1 heterocycles. The number of aromatic nitrogens is 2. The second-order valence-corrected chi connectivity index (χ2v) is 7.83. The lowest BCUT2D eigenvalue weighted by Gasteiger charge is -2.14. The van der Waals surface area contributed by atoms with Crippen molar-refractivity contribution in [3.8, 4) is 17.2 Å². The largest absolute Gasteiger partial charge is 0.496 e. The summed E-state index contributed by atoms with van der Waals surface area (Å²) < 4.78 is 12.4. The van der Waals surface area contributed by atoms with Gasteiger partial charge in [-0.25, -0.2) is 4.98 Å². The van der Waals surface area contributed by atoms with Crippen molar-refractivity contribution in [3.05, 3.63) is 88.7 Å². The lowest BCUT2D eigenvalue weighted by molar-refractivity contribution is 0.101. The summed E-state index contributed by atoms with van der Waals surface area (Å²) in [6.07, 6.45) is 0. The molecule has 0 atom stereocenters. The van der Waals surface area contributed by atoms with Gasteiger partial charge >= 0.3 is 0 Å². The fourth-order valence-corrected chi connectivity index (χ4v) is 4.27. The smallest absolute Gasteiger partial charge is 0.266 e. The second kappa shape index (κ2) is 9.70. The van der Waals surface area contributed by atoms with E-state index in [0.717, 1.165) is 5.75 Å². The molecule has 0 spiro atoms. The van der Waals surface area contributed by atoms with E-state index in [4.69, 9.17) is 14.5 Å². The van der Waals surface area contributed by atoms with Crippen LogP contribution in [0.3, 0.4) is 0 Å². The Kier molecular flexibility index (Phi) is 6.56. The normalized spacial score (nSPS) is 10.8. The molecule has 0 aliphatic rings. The number of thioether (sulfide) groups is 1. The topological polar surface area (TPSA) is 70.4 Å². The summed E-state index contributed by atoms with van der Waals surface area (Å²) in [4.78, 5) is 30.9. The van der Waals surface area contributed by atoms with E-state index in [1.807, 2.05) is 49.4 Å². The molecule has 4 rings (SSSR count). The molecule has 0 unspecified atom stereocenters. The molecule has 0 aliphatic carbocycles. The van der Waals surface area contributed by atoms with Crippen LogP contribution in [0, 0.1) is 0 Å². The lowest BCUT2D eigenvalue weighted by Crippen LogP contribution is -2.22. The molecule has 162 valence electrons. The molecule has 0 aliphatic heterocycles. The molecule has 6 nitrogen and oxygen atoms in total. The molecule has 0 N–H and O–H groups in total. The number of rotatable bonds is 8. The van der Waals surface area contributed by atoms with Crippen LogP contribution in [0.1, 0.15) is 17.3 Å². The van der Waals surface area contributed by atoms with E-state index in [1.54, 1.807) is 30.3 Å². The fourth-order valence-electron chi connectivity index (χ4n) is 3.38. The summed E-state index contributed by atoms with van der Waals surface area (Å²) in [6.45, 7) is 2.47. The number of carbonyl (C=O) groups excluding carboxylic acids is 1. The second-order valence-electron chi connectivity index (χ2n) is 6.89. The SMILES string of the molecule is CCOc1ccc(-n2c(SCC(=O)c3ccccc3OC)nc3ccccc3c2=O)cc1. The van der Waals surface area contributed by atoms with Crippen LogP contribution in [-0.4, -0.2) is 34.8 Å². The van der Waals surface area contributed by atoms with Gasteiger partial charge in [-0.3, -0.25) is 14.2 Å². The highest BCUT2D eigenvalue weighted by Crippen LogP contribution is 2.25. The third-order valence-corrected chi connectivity index (χ3v) is 5.83. The monoisotopic (exact) mass is 446 g/mol. The third kappa shape index (κ3) is 4.38. The first-order valence-electron chi connectivity index (χ1n) is 10.2. The molecule has 4 aromatic rings. The number of methoxy groups -OCH3 is 1. The van der Waals surface area contributed by atoms with Gasteiger partial charge in [0.15, 0.2) is 10.9 Å². The number of ether oxygens (including phenoxy) is 2. The summed E-state index contributed by atoms with van der Waals surface area (Å²) in [7, 11) is 1.54. The van der Waals surface area contributed by atoms with Gasteiger partial charge in [-0.15, -0.1) is 0 Å². The van der Waals surface area contributed by atoms with Crippen molar-refractivity contribution in [2.24, 2.45) is 0 Å². The van der Waals surface area contributed by atoms with Gasteiger partial charge in [0, 0.05) is 0 Å². The number of carbonyl (C=O) groups is 1. The van der Waals surface area contributed by atoms with Crippen molar-refractivity contribution >= 4 is 28.4 Å². The Hall–Kier alpha value is -3.58. The van der Waals surface area contributed by atoms with Crippen LogP contribution in [0.5, 0.6) is 11.5 Å². The number of nitrogens with zero attached hydrogens (tertiary/aromatic N) is 2. The molecule has 0 saturated heterocycles. The van der Waals surface area contributed by atoms with Crippen molar-refractivity contribution in [2.75, 3.05) is 19.5 Å². The zero-order valence-electron chi connectivity index (χ0n) is 17.8. The standard InChI is InChI=1S/C25H22N2O4S/c1-3-31-18-14-12-17(13-15-18)27-24(29)19-8-4-6-10-21(19)26-25(27)32-16-22(28)20-9-5-7-11-23(20)30-2/h4-15H,3,16H2,1-2H3. The molecule has 0 amide bonds. The first-order chi connectivity index (χ1) is 15.6. The number of benzene rings is 3. The first kappa shape index (κ1) is 21.6. The van der Waals surface area contributed by atoms with Crippen LogP contribution in [-0.2, 0) is 0 Å². The van der Waals surface area contributed by atoms with E-state index in [2.05, 4.69) is 0 Å². The van der Waals surface area contributed by atoms with Crippen molar-refractivity contribution in [2.45, 2.75) is 12.1 Å². The Morgan fingerprint density at radius 3 is 2.47 bits per heavy atom. The van der Waals surface area contributed by atoms with Gasteiger partial charge in [0.1, 0.15) is 11.5 Å². The van der Waals surface area contributed by atoms with E-state index in [-0.39, 0.29) is 17.1 Å². The number of fused-ring (bicyclic) bond motifs is 1. The van der Waals surface area contributed by atoms with Crippen LogP contribution in [0.2, 0.25) is 0 Å². The number of ketones is 1.